The second kappa shape index (κ2) is 12.4. The average molecular weight is 640 g/mol. The second-order valence-electron chi connectivity index (χ2n) is 11.4. The molecule has 232 valence electrons. The predicted octanol–water partition coefficient (Wildman–Crippen LogP) is 4.43. The van der Waals surface area contributed by atoms with Gasteiger partial charge in [-0.05, 0) is 44.4 Å². The van der Waals surface area contributed by atoms with Gasteiger partial charge in [0.15, 0.2) is 5.65 Å². The Labute approximate surface area is 265 Å². The number of fused-ring (bicyclic) bond motifs is 3. The fraction of sp³-hybridized carbons (Fsp3) is 0.419. The van der Waals surface area contributed by atoms with Gasteiger partial charge in [-0.25, -0.2) is 9.97 Å². The first-order valence-electron chi connectivity index (χ1n) is 14.7. The highest BCUT2D eigenvalue weighted by Crippen LogP contribution is 2.47. The first-order valence-corrected chi connectivity index (χ1v) is 15.4. The van der Waals surface area contributed by atoms with Gasteiger partial charge in [0.2, 0.25) is 11.9 Å². The maximum absolute atomic E-state index is 11.9. The van der Waals surface area contributed by atoms with Crippen LogP contribution in [0.4, 0.5) is 5.95 Å². The van der Waals surface area contributed by atoms with E-state index in [1.54, 1.807) is 26.5 Å². The van der Waals surface area contributed by atoms with E-state index < -0.39 is 0 Å². The monoisotopic (exact) mass is 638 g/mol. The van der Waals surface area contributed by atoms with Crippen molar-refractivity contribution in [3.8, 4) is 22.6 Å². The lowest BCUT2D eigenvalue weighted by atomic mass is 10.0. The molecular weight excluding hydrogens is 603 g/mol. The van der Waals surface area contributed by atoms with Crippen LogP contribution in [0, 0.1) is 0 Å². The Balaban J connectivity index is 1.35. The highest BCUT2D eigenvalue weighted by molar-refractivity contribution is 6.41. The molecule has 13 heteroatoms. The molecule has 11 nitrogen and oxygen atoms in total. The van der Waals surface area contributed by atoms with Crippen LogP contribution >= 0.6 is 23.2 Å². The number of aryl methyl sites for hydroxylation is 1. The van der Waals surface area contributed by atoms with E-state index in [-0.39, 0.29) is 11.4 Å². The minimum absolute atomic E-state index is 0.0107. The van der Waals surface area contributed by atoms with Crippen LogP contribution in [0.1, 0.15) is 25.0 Å². The Morgan fingerprint density at radius 3 is 2.43 bits per heavy atom. The number of pyridine rings is 1. The number of anilines is 1. The lowest BCUT2D eigenvalue weighted by Gasteiger charge is -2.34. The zero-order valence-electron chi connectivity index (χ0n) is 24.9. The molecule has 2 fully saturated rings. The maximum atomic E-state index is 11.9. The van der Waals surface area contributed by atoms with Gasteiger partial charge in [-0.15, -0.1) is 0 Å². The van der Waals surface area contributed by atoms with Crippen LogP contribution in [-0.2, 0) is 11.2 Å². The van der Waals surface area contributed by atoms with E-state index in [9.17, 15) is 4.79 Å². The van der Waals surface area contributed by atoms with Gasteiger partial charge in [0, 0.05) is 73.2 Å². The van der Waals surface area contributed by atoms with Crippen LogP contribution in [0.5, 0.6) is 11.5 Å². The number of nitrogens with one attached hydrogen (secondary N) is 1. The van der Waals surface area contributed by atoms with Gasteiger partial charge in [0.1, 0.15) is 17.1 Å². The number of piperazine rings is 1. The molecule has 4 heterocycles. The van der Waals surface area contributed by atoms with E-state index in [1.807, 2.05) is 21.6 Å². The maximum Gasteiger partial charge on any atom is 0.246 e. The van der Waals surface area contributed by atoms with Gasteiger partial charge in [-0.1, -0.05) is 29.8 Å². The van der Waals surface area contributed by atoms with Crippen molar-refractivity contribution >= 4 is 51.7 Å². The molecule has 4 aromatic rings. The van der Waals surface area contributed by atoms with E-state index in [2.05, 4.69) is 21.8 Å². The first-order chi connectivity index (χ1) is 21.2. The fourth-order valence-corrected chi connectivity index (χ4v) is 6.29. The summed E-state index contributed by atoms with van der Waals surface area (Å²) in [4.78, 5) is 30.6. The van der Waals surface area contributed by atoms with Crippen molar-refractivity contribution in [1.82, 2.24) is 29.2 Å². The SMILES string of the molecule is C=CC(=O)N1CCN(CCCc2cn3c(n2)c(-c2c(Cl)c(OC)cc(OC)c2Cl)cc2cnc(NCC4(N)CC4)nc23)CC1. The molecule has 3 N–H and O–H groups in total. The molecule has 0 spiro atoms. The normalized spacial score (nSPS) is 16.3. The number of ether oxygens (including phenoxy) is 2. The summed E-state index contributed by atoms with van der Waals surface area (Å²) in [5.74, 6) is 1.37. The number of nitrogens with zero attached hydrogens (tertiary/aromatic N) is 6. The fourth-order valence-electron chi connectivity index (χ4n) is 5.59. The number of methoxy groups -OCH3 is 2. The molecule has 3 aromatic heterocycles. The van der Waals surface area contributed by atoms with Crippen molar-refractivity contribution in [1.29, 1.82) is 0 Å². The lowest BCUT2D eigenvalue weighted by Crippen LogP contribution is -2.48. The number of carbonyl (C=O) groups is 1. The molecule has 1 aliphatic heterocycles. The molecule has 0 atom stereocenters. The summed E-state index contributed by atoms with van der Waals surface area (Å²) in [6.45, 7) is 8.20. The topological polar surface area (TPSA) is 123 Å². The molecule has 44 heavy (non-hydrogen) atoms. The number of hydrogen-bond acceptors (Lipinski definition) is 9. The number of nitrogens with two attached hydrogens (primary N) is 1. The van der Waals surface area contributed by atoms with Crippen molar-refractivity contribution in [3.63, 3.8) is 0 Å². The quantitative estimate of drug-likeness (QED) is 0.230. The lowest BCUT2D eigenvalue weighted by molar-refractivity contribution is -0.127. The van der Waals surface area contributed by atoms with E-state index in [0.717, 1.165) is 56.4 Å². The molecule has 0 unspecified atom stereocenters. The third kappa shape index (κ3) is 6.01. The molecule has 0 bridgehead atoms. The minimum atomic E-state index is -0.188. The summed E-state index contributed by atoms with van der Waals surface area (Å²) in [5, 5.41) is 4.80. The average Bonchev–Trinajstić information content (AvgIpc) is 3.62. The largest absolute Gasteiger partial charge is 0.495 e. The second-order valence-corrected chi connectivity index (χ2v) is 12.2. The van der Waals surface area contributed by atoms with Crippen LogP contribution in [0.25, 0.3) is 27.8 Å². The number of aromatic nitrogens is 4. The number of benzene rings is 1. The number of imidazole rings is 1. The summed E-state index contributed by atoms with van der Waals surface area (Å²) < 4.78 is 13.1. The first kappa shape index (κ1) is 30.4. The predicted molar refractivity (Wildman–Crippen MR) is 173 cm³/mol. The highest BCUT2D eigenvalue weighted by atomic mass is 35.5. The summed E-state index contributed by atoms with van der Waals surface area (Å²) >= 11 is 13.7. The summed E-state index contributed by atoms with van der Waals surface area (Å²) in [7, 11) is 3.10. The molecule has 1 saturated carbocycles. The van der Waals surface area contributed by atoms with Crippen LogP contribution in [0.15, 0.2) is 37.2 Å². The van der Waals surface area contributed by atoms with Crippen molar-refractivity contribution in [3.05, 3.63) is 52.9 Å². The molecule has 1 aliphatic carbocycles. The van der Waals surface area contributed by atoms with E-state index in [1.165, 1.54) is 6.08 Å². The molecule has 1 saturated heterocycles. The van der Waals surface area contributed by atoms with Gasteiger partial charge >= 0.3 is 0 Å². The van der Waals surface area contributed by atoms with Crippen LogP contribution < -0.4 is 20.5 Å². The molecule has 1 amide bonds. The van der Waals surface area contributed by atoms with Crippen LogP contribution in [-0.4, -0.2) is 94.1 Å². The Morgan fingerprint density at radius 1 is 1.09 bits per heavy atom. The van der Waals surface area contributed by atoms with Crippen molar-refractivity contribution in [2.45, 2.75) is 31.2 Å². The Morgan fingerprint density at radius 2 is 1.80 bits per heavy atom. The van der Waals surface area contributed by atoms with Gasteiger partial charge in [-0.2, -0.15) is 4.98 Å². The number of halogens is 2. The van der Waals surface area contributed by atoms with Crippen molar-refractivity contribution in [2.75, 3.05) is 58.8 Å². The third-order valence-corrected chi connectivity index (χ3v) is 9.17. The van der Waals surface area contributed by atoms with E-state index in [4.69, 9.17) is 48.4 Å². The van der Waals surface area contributed by atoms with E-state index >= 15 is 0 Å². The molecule has 0 radical (unpaired) electrons. The van der Waals surface area contributed by atoms with Crippen molar-refractivity contribution in [2.24, 2.45) is 5.73 Å². The van der Waals surface area contributed by atoms with Crippen LogP contribution in [0.2, 0.25) is 10.0 Å². The molecule has 1 aromatic carbocycles. The minimum Gasteiger partial charge on any atom is -0.495 e. The summed E-state index contributed by atoms with van der Waals surface area (Å²) in [5.41, 5.74) is 9.63. The zero-order chi connectivity index (χ0) is 31.0. The zero-order valence-corrected chi connectivity index (χ0v) is 26.4. The van der Waals surface area contributed by atoms with Gasteiger partial charge in [-0.3, -0.25) is 14.1 Å². The van der Waals surface area contributed by atoms with Crippen LogP contribution in [0.3, 0.4) is 0 Å². The smallest absolute Gasteiger partial charge is 0.246 e. The van der Waals surface area contributed by atoms with Gasteiger partial charge < -0.3 is 25.4 Å². The molecule has 2 aliphatic rings. The highest BCUT2D eigenvalue weighted by Gasteiger charge is 2.38. The number of amides is 1. The molecular formula is C31H36Cl2N8O3. The summed E-state index contributed by atoms with van der Waals surface area (Å²) in [6.07, 6.45) is 8.80. The summed E-state index contributed by atoms with van der Waals surface area (Å²) in [6, 6.07) is 3.62. The van der Waals surface area contributed by atoms with Gasteiger partial charge in [0.25, 0.3) is 0 Å². The standard InChI is InChI=1S/C31H36Cl2N8O3/c1-4-24(42)40-12-10-39(11-13-40)9-5-6-20-17-41-28-19(16-35-30(38-28)36-18-31(34)7-8-31)14-21(29(41)37-20)25-26(32)22(43-2)15-23(44-3)27(25)33/h4,14-17H,1,5-13,18,34H2,2-3H3,(H,35,36,38). The van der Waals surface area contributed by atoms with Gasteiger partial charge in [0.05, 0.1) is 30.0 Å². The Bertz CT molecular complexity index is 1700. The molecule has 6 rings (SSSR count). The number of rotatable bonds is 11. The number of hydrogen-bond donors (Lipinski definition) is 2. The van der Waals surface area contributed by atoms with Crippen molar-refractivity contribution < 1.29 is 14.3 Å². The number of carbonyl (C=O) groups excluding carboxylic acids is 1. The third-order valence-electron chi connectivity index (χ3n) is 8.42. The Hall–Kier alpha value is -3.64. The van der Waals surface area contributed by atoms with E-state index in [0.29, 0.717) is 69.5 Å². The Kier molecular flexibility index (Phi) is 8.56.